The van der Waals surface area contributed by atoms with Crippen molar-refractivity contribution < 1.29 is 26.3 Å². The summed E-state index contributed by atoms with van der Waals surface area (Å²) in [5, 5.41) is 22.1. The van der Waals surface area contributed by atoms with Gasteiger partial charge in [0, 0.05) is 11.4 Å². The van der Waals surface area contributed by atoms with Crippen molar-refractivity contribution in [3.63, 3.8) is 0 Å². The lowest BCUT2D eigenvalue weighted by molar-refractivity contribution is -0.138. The SMILES string of the molecule is N#Cc1ccc(NC(=S)Nc2ccc(C#N)c(C(F)(F)F)c2)cc1C(F)(F)F. The topological polar surface area (TPSA) is 71.6 Å². The highest BCUT2D eigenvalue weighted by molar-refractivity contribution is 7.80. The fraction of sp³-hybridized carbons (Fsp3) is 0.118. The van der Waals surface area contributed by atoms with Gasteiger partial charge in [0.15, 0.2) is 5.11 Å². The summed E-state index contributed by atoms with van der Waals surface area (Å²) in [5.41, 5.74) is -3.76. The molecule has 0 radical (unpaired) electrons. The molecule has 2 aromatic carbocycles. The number of rotatable bonds is 2. The Kier molecular flexibility index (Phi) is 5.81. The molecule has 0 aliphatic carbocycles. The maximum atomic E-state index is 13.0. The third-order valence-electron chi connectivity index (χ3n) is 3.41. The van der Waals surface area contributed by atoms with E-state index in [1.165, 1.54) is 24.3 Å². The van der Waals surface area contributed by atoms with Crippen LogP contribution in [-0.2, 0) is 12.4 Å². The molecule has 2 N–H and O–H groups in total. The Labute approximate surface area is 160 Å². The molecule has 11 heteroatoms. The van der Waals surface area contributed by atoms with Crippen molar-refractivity contribution in [3.05, 3.63) is 58.7 Å². The Morgan fingerprint density at radius 2 is 1.11 bits per heavy atom. The number of alkyl halides is 6. The Balaban J connectivity index is 2.24. The van der Waals surface area contributed by atoms with Gasteiger partial charge in [0.1, 0.15) is 0 Å². The molecule has 0 aliphatic rings. The normalized spacial score (nSPS) is 11.3. The van der Waals surface area contributed by atoms with Crippen molar-refractivity contribution in [1.29, 1.82) is 10.5 Å². The van der Waals surface area contributed by atoms with Crippen LogP contribution in [0.4, 0.5) is 37.7 Å². The van der Waals surface area contributed by atoms with E-state index in [9.17, 15) is 26.3 Å². The highest BCUT2D eigenvalue weighted by Gasteiger charge is 2.34. The maximum Gasteiger partial charge on any atom is 0.417 e. The zero-order chi connectivity index (χ0) is 21.1. The van der Waals surface area contributed by atoms with Gasteiger partial charge in [0.05, 0.1) is 34.4 Å². The summed E-state index contributed by atoms with van der Waals surface area (Å²) in [7, 11) is 0. The second-order valence-corrected chi connectivity index (χ2v) is 5.73. The highest BCUT2D eigenvalue weighted by atomic mass is 32.1. The average Bonchev–Trinajstić information content (AvgIpc) is 2.60. The quantitative estimate of drug-likeness (QED) is 0.517. The van der Waals surface area contributed by atoms with Crippen LogP contribution in [0.5, 0.6) is 0 Å². The van der Waals surface area contributed by atoms with E-state index < -0.39 is 34.6 Å². The van der Waals surface area contributed by atoms with Gasteiger partial charge in [0.25, 0.3) is 0 Å². The van der Waals surface area contributed by atoms with Gasteiger partial charge in [-0.05, 0) is 48.6 Å². The molecule has 0 bridgehead atoms. The van der Waals surface area contributed by atoms with Gasteiger partial charge < -0.3 is 10.6 Å². The molecule has 0 atom stereocenters. The number of nitrogens with zero attached hydrogens (tertiary/aromatic N) is 2. The molecule has 0 fully saturated rings. The first-order valence-corrected chi connectivity index (χ1v) is 7.67. The second-order valence-electron chi connectivity index (χ2n) is 5.32. The number of benzene rings is 2. The summed E-state index contributed by atoms with van der Waals surface area (Å²) in [4.78, 5) is 0. The van der Waals surface area contributed by atoms with Crippen molar-refractivity contribution in [2.24, 2.45) is 0 Å². The number of halogens is 6. The molecule has 0 aromatic heterocycles. The first-order valence-electron chi connectivity index (χ1n) is 7.26. The predicted octanol–water partition coefficient (Wildman–Crippen LogP) is 5.28. The number of hydrogen-bond acceptors (Lipinski definition) is 3. The lowest BCUT2D eigenvalue weighted by atomic mass is 10.1. The highest BCUT2D eigenvalue weighted by Crippen LogP contribution is 2.34. The van der Waals surface area contributed by atoms with E-state index in [1.807, 2.05) is 0 Å². The van der Waals surface area contributed by atoms with Crippen molar-refractivity contribution >= 4 is 28.7 Å². The van der Waals surface area contributed by atoms with E-state index in [1.54, 1.807) is 0 Å². The van der Waals surface area contributed by atoms with E-state index in [0.29, 0.717) is 12.1 Å². The van der Waals surface area contributed by atoms with Crippen LogP contribution >= 0.6 is 12.2 Å². The molecule has 0 spiro atoms. The zero-order valence-corrected chi connectivity index (χ0v) is 14.4. The summed E-state index contributed by atoms with van der Waals surface area (Å²) in [5.74, 6) is 0. The maximum absolute atomic E-state index is 13.0. The number of nitriles is 2. The molecule has 0 saturated carbocycles. The first-order chi connectivity index (χ1) is 13.0. The van der Waals surface area contributed by atoms with Gasteiger partial charge >= 0.3 is 12.4 Å². The van der Waals surface area contributed by atoms with Gasteiger partial charge in [0.2, 0.25) is 0 Å². The van der Waals surface area contributed by atoms with Crippen molar-refractivity contribution in [2.45, 2.75) is 12.4 Å². The second kappa shape index (κ2) is 7.74. The van der Waals surface area contributed by atoms with Crippen LogP contribution in [0.15, 0.2) is 36.4 Å². The molecule has 0 aliphatic heterocycles. The molecular formula is C17H8F6N4S. The van der Waals surface area contributed by atoms with Crippen LogP contribution in [0.3, 0.4) is 0 Å². The smallest absolute Gasteiger partial charge is 0.332 e. The molecule has 28 heavy (non-hydrogen) atoms. The monoisotopic (exact) mass is 414 g/mol. The fourth-order valence-corrected chi connectivity index (χ4v) is 2.44. The fourth-order valence-electron chi connectivity index (χ4n) is 2.20. The van der Waals surface area contributed by atoms with Gasteiger partial charge in [-0.3, -0.25) is 0 Å². The summed E-state index contributed by atoms with van der Waals surface area (Å²) < 4.78 is 77.8. The van der Waals surface area contributed by atoms with Crippen LogP contribution in [0, 0.1) is 22.7 Å². The van der Waals surface area contributed by atoms with E-state index in [-0.39, 0.29) is 16.5 Å². The van der Waals surface area contributed by atoms with E-state index in [2.05, 4.69) is 10.6 Å². The van der Waals surface area contributed by atoms with Crippen LogP contribution in [0.25, 0.3) is 0 Å². The molecule has 0 saturated heterocycles. The van der Waals surface area contributed by atoms with E-state index in [0.717, 1.165) is 12.1 Å². The molecule has 2 aromatic rings. The lowest BCUT2D eigenvalue weighted by Gasteiger charge is -2.15. The van der Waals surface area contributed by atoms with Crippen LogP contribution < -0.4 is 10.6 Å². The number of nitrogens with one attached hydrogen (secondary N) is 2. The lowest BCUT2D eigenvalue weighted by Crippen LogP contribution is -2.20. The molecule has 2 rings (SSSR count). The summed E-state index contributed by atoms with van der Waals surface area (Å²) in [6, 6.07) is 8.39. The minimum absolute atomic E-state index is 0.117. The molecular weight excluding hydrogens is 406 g/mol. The van der Waals surface area contributed by atoms with Crippen molar-refractivity contribution in [3.8, 4) is 12.1 Å². The predicted molar refractivity (Wildman–Crippen MR) is 92.2 cm³/mol. The Hall–Kier alpha value is -3.31. The minimum Gasteiger partial charge on any atom is -0.332 e. The summed E-state index contributed by atoms with van der Waals surface area (Å²) in [6.07, 6.45) is -9.54. The molecule has 4 nitrogen and oxygen atoms in total. The molecule has 0 amide bonds. The third-order valence-corrected chi connectivity index (χ3v) is 3.61. The molecule has 0 heterocycles. The zero-order valence-electron chi connectivity index (χ0n) is 13.5. The molecule has 144 valence electrons. The largest absolute Gasteiger partial charge is 0.417 e. The molecule has 0 unspecified atom stereocenters. The standard InChI is InChI=1S/C17H8F6N4S/c18-16(19,20)13-5-11(3-1-9(13)7-24)26-15(28)27-12-4-2-10(8-25)14(6-12)17(21,22)23/h1-6H,(H2,26,27,28). The Morgan fingerprint density at radius 3 is 1.39 bits per heavy atom. The third kappa shape index (κ3) is 4.90. The number of anilines is 2. The first kappa shape index (κ1) is 21.0. The van der Waals surface area contributed by atoms with Crippen LogP contribution in [0.1, 0.15) is 22.3 Å². The average molecular weight is 414 g/mol. The number of hydrogen-bond donors (Lipinski definition) is 2. The minimum atomic E-state index is -4.77. The van der Waals surface area contributed by atoms with Crippen molar-refractivity contribution in [2.75, 3.05) is 10.6 Å². The van der Waals surface area contributed by atoms with Crippen molar-refractivity contribution in [1.82, 2.24) is 0 Å². The van der Waals surface area contributed by atoms with Gasteiger partial charge in [-0.15, -0.1) is 0 Å². The number of thiocarbonyl (C=S) groups is 1. The van der Waals surface area contributed by atoms with E-state index >= 15 is 0 Å². The van der Waals surface area contributed by atoms with Gasteiger partial charge in [-0.25, -0.2) is 0 Å². The van der Waals surface area contributed by atoms with E-state index in [4.69, 9.17) is 22.7 Å². The van der Waals surface area contributed by atoms with Crippen LogP contribution in [-0.4, -0.2) is 5.11 Å². The summed E-state index contributed by atoms with van der Waals surface area (Å²) in [6.45, 7) is 0. The Bertz CT molecular complexity index is 919. The Morgan fingerprint density at radius 1 is 0.750 bits per heavy atom. The summed E-state index contributed by atoms with van der Waals surface area (Å²) >= 11 is 4.90. The van der Waals surface area contributed by atoms with Crippen LogP contribution in [0.2, 0.25) is 0 Å². The van der Waals surface area contributed by atoms with Gasteiger partial charge in [-0.1, -0.05) is 0 Å². The van der Waals surface area contributed by atoms with Gasteiger partial charge in [-0.2, -0.15) is 36.9 Å².